The molecule has 2 aliphatic rings. The third-order valence-electron chi connectivity index (χ3n) is 1.73. The Morgan fingerprint density at radius 1 is 1.70 bits per heavy atom. The fraction of sp³-hybridized carbons (Fsp3) is 0.833. The number of Topliss-reactive ketones (excluding diaryl/α,β-unsaturated/α-hetero) is 1. The molecule has 3 atom stereocenters. The average Bonchev–Trinajstić information content (AvgIpc) is 2.68. The quantitative estimate of drug-likeness (QED) is 0.458. The Morgan fingerprint density at radius 3 is 3.20 bits per heavy atom. The van der Waals surface area contributed by atoms with Crippen molar-refractivity contribution in [3.63, 3.8) is 0 Å². The molecule has 0 aromatic carbocycles. The Balaban J connectivity index is 2.01. The molecule has 0 bridgehead atoms. The van der Waals surface area contributed by atoms with Crippen molar-refractivity contribution in [1.82, 2.24) is 0 Å². The smallest absolute Gasteiger partial charge is 0.190 e. The fourth-order valence-electron chi connectivity index (χ4n) is 1.13. The van der Waals surface area contributed by atoms with Crippen LogP contribution in [-0.2, 0) is 19.0 Å². The van der Waals surface area contributed by atoms with E-state index in [1.54, 1.807) is 7.11 Å². The number of fused-ring (bicyclic) bond motifs is 1. The molecule has 0 radical (unpaired) electrons. The molecule has 2 saturated heterocycles. The highest BCUT2D eigenvalue weighted by atomic mass is 16.7. The van der Waals surface area contributed by atoms with Gasteiger partial charge in [-0.05, 0) is 0 Å². The minimum atomic E-state index is -0.331. The Labute approximate surface area is 58.1 Å². The Hall–Kier alpha value is -0.450. The maximum Gasteiger partial charge on any atom is 0.190 e. The zero-order valence-electron chi connectivity index (χ0n) is 5.57. The number of methoxy groups -OCH3 is 1. The molecule has 10 heavy (non-hydrogen) atoms. The van der Waals surface area contributed by atoms with Crippen molar-refractivity contribution in [2.75, 3.05) is 13.7 Å². The second-order valence-electron chi connectivity index (χ2n) is 2.40. The lowest BCUT2D eigenvalue weighted by molar-refractivity contribution is -0.157. The van der Waals surface area contributed by atoms with Crippen molar-refractivity contribution >= 4 is 5.78 Å². The van der Waals surface area contributed by atoms with E-state index in [-0.39, 0.29) is 30.9 Å². The summed E-state index contributed by atoms with van der Waals surface area (Å²) >= 11 is 0. The molecular formula is C6H8O4. The number of hydrogen-bond donors (Lipinski definition) is 0. The number of ketones is 1. The molecular weight excluding hydrogens is 136 g/mol. The van der Waals surface area contributed by atoms with E-state index in [1.165, 1.54) is 0 Å². The summed E-state index contributed by atoms with van der Waals surface area (Å²) in [6.45, 7) is 0.125. The number of ether oxygens (including phenoxy) is 3. The largest absolute Gasteiger partial charge is 0.356 e. The van der Waals surface area contributed by atoms with Gasteiger partial charge >= 0.3 is 0 Å². The lowest BCUT2D eigenvalue weighted by Crippen LogP contribution is -2.35. The second-order valence-corrected chi connectivity index (χ2v) is 2.40. The van der Waals surface area contributed by atoms with Gasteiger partial charge in [0.25, 0.3) is 0 Å². The lowest BCUT2D eigenvalue weighted by Gasteiger charge is -2.15. The van der Waals surface area contributed by atoms with Crippen molar-refractivity contribution in [3.8, 4) is 0 Å². The fourth-order valence-corrected chi connectivity index (χ4v) is 1.13. The van der Waals surface area contributed by atoms with Crippen LogP contribution in [0.3, 0.4) is 0 Å². The van der Waals surface area contributed by atoms with E-state index in [0.717, 1.165) is 0 Å². The van der Waals surface area contributed by atoms with Crippen LogP contribution < -0.4 is 0 Å². The van der Waals surface area contributed by atoms with E-state index in [2.05, 4.69) is 0 Å². The van der Waals surface area contributed by atoms with E-state index in [4.69, 9.17) is 14.2 Å². The van der Waals surface area contributed by atoms with Gasteiger partial charge in [0.2, 0.25) is 0 Å². The molecule has 2 rings (SSSR count). The van der Waals surface area contributed by atoms with Crippen LogP contribution in [0.2, 0.25) is 0 Å². The van der Waals surface area contributed by atoms with Gasteiger partial charge in [-0.1, -0.05) is 0 Å². The van der Waals surface area contributed by atoms with Crippen LogP contribution in [0.25, 0.3) is 0 Å². The summed E-state index contributed by atoms with van der Waals surface area (Å²) in [5.74, 6) is 0.0262. The maximum atomic E-state index is 10.8. The van der Waals surface area contributed by atoms with Gasteiger partial charge in [0.05, 0.1) is 0 Å². The van der Waals surface area contributed by atoms with Gasteiger partial charge in [-0.3, -0.25) is 4.79 Å². The third-order valence-corrected chi connectivity index (χ3v) is 1.73. The van der Waals surface area contributed by atoms with Gasteiger partial charge in [0, 0.05) is 7.11 Å². The average molecular weight is 144 g/mol. The molecule has 0 aromatic rings. The summed E-state index contributed by atoms with van der Waals surface area (Å²) in [6.07, 6.45) is -0.701. The summed E-state index contributed by atoms with van der Waals surface area (Å²) in [5, 5.41) is 0. The molecule has 4 heteroatoms. The van der Waals surface area contributed by atoms with Gasteiger partial charge in [0.15, 0.2) is 12.1 Å². The standard InChI is InChI=1S/C6H8O4/c1-8-6-5-4(10-5)3(7)2-9-6/h4-6H,2H2,1H3. The Morgan fingerprint density at radius 2 is 2.50 bits per heavy atom. The second kappa shape index (κ2) is 2.02. The number of carbonyl (C=O) groups is 1. The van der Waals surface area contributed by atoms with Crippen LogP contribution >= 0.6 is 0 Å². The monoisotopic (exact) mass is 144 g/mol. The highest BCUT2D eigenvalue weighted by Gasteiger charge is 2.54. The summed E-state index contributed by atoms with van der Waals surface area (Å²) in [5.41, 5.74) is 0. The maximum absolute atomic E-state index is 10.8. The molecule has 3 unspecified atom stereocenters. The van der Waals surface area contributed by atoms with Crippen molar-refractivity contribution in [1.29, 1.82) is 0 Å². The highest BCUT2D eigenvalue weighted by molar-refractivity contribution is 5.87. The summed E-state index contributed by atoms with van der Waals surface area (Å²) in [4.78, 5) is 10.8. The Kier molecular flexibility index (Phi) is 1.26. The molecule has 0 N–H and O–H groups in total. The molecule has 0 saturated carbocycles. The van der Waals surface area contributed by atoms with Crippen LogP contribution in [-0.4, -0.2) is 38.0 Å². The van der Waals surface area contributed by atoms with Gasteiger partial charge in [-0.2, -0.15) is 0 Å². The predicted molar refractivity (Wildman–Crippen MR) is 30.4 cm³/mol. The summed E-state index contributed by atoms with van der Waals surface area (Å²) in [6, 6.07) is 0. The first-order valence-corrected chi connectivity index (χ1v) is 3.15. The zero-order chi connectivity index (χ0) is 7.14. The number of rotatable bonds is 1. The van der Waals surface area contributed by atoms with Crippen molar-refractivity contribution in [2.45, 2.75) is 18.5 Å². The molecule has 0 spiro atoms. The first-order valence-electron chi connectivity index (χ1n) is 3.15. The number of epoxide rings is 1. The summed E-state index contributed by atoms with van der Waals surface area (Å²) in [7, 11) is 1.54. The predicted octanol–water partition coefficient (Wildman–Crippen LogP) is -0.674. The zero-order valence-corrected chi connectivity index (χ0v) is 5.57. The van der Waals surface area contributed by atoms with Crippen LogP contribution in [0.5, 0.6) is 0 Å². The lowest BCUT2D eigenvalue weighted by atomic mass is 10.2. The van der Waals surface area contributed by atoms with Crippen molar-refractivity contribution < 1.29 is 19.0 Å². The third kappa shape index (κ3) is 0.767. The first-order chi connectivity index (χ1) is 4.83. The first kappa shape index (κ1) is 6.27. The van der Waals surface area contributed by atoms with E-state index >= 15 is 0 Å². The van der Waals surface area contributed by atoms with Crippen molar-refractivity contribution in [2.24, 2.45) is 0 Å². The molecule has 4 nitrogen and oxygen atoms in total. The normalized spacial score (nSPS) is 44.9. The SMILES string of the molecule is COC1OCC(=O)C2OC12. The number of carbonyl (C=O) groups excluding carboxylic acids is 1. The van der Waals surface area contributed by atoms with Crippen molar-refractivity contribution in [3.05, 3.63) is 0 Å². The van der Waals surface area contributed by atoms with E-state index < -0.39 is 0 Å². The number of hydrogen-bond acceptors (Lipinski definition) is 4. The van der Waals surface area contributed by atoms with E-state index in [0.29, 0.717) is 0 Å². The van der Waals surface area contributed by atoms with Crippen LogP contribution in [0.15, 0.2) is 0 Å². The molecule has 0 aromatic heterocycles. The molecule has 0 aliphatic carbocycles. The van der Waals surface area contributed by atoms with E-state index in [9.17, 15) is 4.79 Å². The van der Waals surface area contributed by atoms with E-state index in [1.807, 2.05) is 0 Å². The molecule has 2 aliphatic heterocycles. The highest BCUT2D eigenvalue weighted by Crippen LogP contribution is 2.32. The summed E-state index contributed by atoms with van der Waals surface area (Å²) < 4.78 is 14.9. The van der Waals surface area contributed by atoms with Crippen LogP contribution in [0, 0.1) is 0 Å². The molecule has 2 heterocycles. The molecule has 2 fully saturated rings. The minimum Gasteiger partial charge on any atom is -0.356 e. The van der Waals surface area contributed by atoms with Gasteiger partial charge in [-0.15, -0.1) is 0 Å². The van der Waals surface area contributed by atoms with Gasteiger partial charge in [0.1, 0.15) is 18.8 Å². The molecule has 0 amide bonds. The topological polar surface area (TPSA) is 48.1 Å². The van der Waals surface area contributed by atoms with Gasteiger partial charge in [-0.25, -0.2) is 0 Å². The van der Waals surface area contributed by atoms with Crippen LogP contribution in [0.4, 0.5) is 0 Å². The van der Waals surface area contributed by atoms with Gasteiger partial charge < -0.3 is 14.2 Å². The Bertz CT molecular complexity index is 167. The minimum absolute atomic E-state index is 0.0262. The van der Waals surface area contributed by atoms with Crippen LogP contribution in [0.1, 0.15) is 0 Å². The molecule has 56 valence electrons.